The Labute approximate surface area is 84.7 Å². The van der Waals surface area contributed by atoms with E-state index in [2.05, 4.69) is 0 Å². The van der Waals surface area contributed by atoms with Gasteiger partial charge in [0.05, 0.1) is 6.61 Å². The second kappa shape index (κ2) is 7.62. The summed E-state index contributed by atoms with van der Waals surface area (Å²) < 4.78 is 0. The zero-order chi connectivity index (χ0) is 10.3. The van der Waals surface area contributed by atoms with Crippen LogP contribution in [0.5, 0.6) is 0 Å². The highest BCUT2D eigenvalue weighted by molar-refractivity contribution is 8.00. The van der Waals surface area contributed by atoms with E-state index in [0.717, 1.165) is 12.2 Å². The lowest BCUT2D eigenvalue weighted by Crippen LogP contribution is -2.35. The quantitative estimate of drug-likeness (QED) is 0.567. The van der Waals surface area contributed by atoms with Crippen molar-refractivity contribution in [2.24, 2.45) is 11.7 Å². The Morgan fingerprint density at radius 2 is 1.92 bits per heavy atom. The van der Waals surface area contributed by atoms with Crippen LogP contribution in [0.2, 0.25) is 0 Å². The van der Waals surface area contributed by atoms with Gasteiger partial charge >= 0.3 is 0 Å². The maximum Gasteiger partial charge on any atom is 0.0565 e. The van der Waals surface area contributed by atoms with E-state index in [1.165, 1.54) is 0 Å². The summed E-state index contributed by atoms with van der Waals surface area (Å²) in [5, 5.41) is 18.0. The molecule has 0 aromatic rings. The summed E-state index contributed by atoms with van der Waals surface area (Å²) in [7, 11) is 0. The molecular formula is C9H21NO2S. The van der Waals surface area contributed by atoms with Crippen molar-refractivity contribution in [2.45, 2.75) is 31.6 Å². The summed E-state index contributed by atoms with van der Waals surface area (Å²) in [4.78, 5) is 0. The standard InChI is InChI=1S/C9H21NO2S/c1-3-8(10)9(5-12)13-6-7(2)4-11/h7-9,11-12H,3-6,10H2,1-2H3. The Morgan fingerprint density at radius 3 is 2.31 bits per heavy atom. The number of thioether (sulfide) groups is 1. The first-order chi connectivity index (χ1) is 6.15. The van der Waals surface area contributed by atoms with Gasteiger partial charge in [0.25, 0.3) is 0 Å². The fourth-order valence-corrected chi connectivity index (χ4v) is 2.14. The van der Waals surface area contributed by atoms with Gasteiger partial charge in [0.2, 0.25) is 0 Å². The fourth-order valence-electron chi connectivity index (χ4n) is 0.915. The Balaban J connectivity index is 3.71. The molecule has 3 unspecified atom stereocenters. The van der Waals surface area contributed by atoms with Crippen LogP contribution >= 0.6 is 11.8 Å². The van der Waals surface area contributed by atoms with Gasteiger partial charge in [0.1, 0.15) is 0 Å². The monoisotopic (exact) mass is 207 g/mol. The van der Waals surface area contributed by atoms with Gasteiger partial charge in [-0.1, -0.05) is 13.8 Å². The van der Waals surface area contributed by atoms with Gasteiger partial charge < -0.3 is 15.9 Å². The predicted octanol–water partition coefficient (Wildman–Crippen LogP) is 0.446. The number of hydrogen-bond donors (Lipinski definition) is 3. The lowest BCUT2D eigenvalue weighted by Gasteiger charge is -2.21. The van der Waals surface area contributed by atoms with Crippen molar-refractivity contribution in [3.8, 4) is 0 Å². The molecule has 0 aliphatic carbocycles. The van der Waals surface area contributed by atoms with Crippen LogP contribution in [0.3, 0.4) is 0 Å². The third-order valence-corrected chi connectivity index (χ3v) is 3.72. The molecule has 3 atom stereocenters. The molecule has 13 heavy (non-hydrogen) atoms. The first kappa shape index (κ1) is 13.2. The highest BCUT2D eigenvalue weighted by Gasteiger charge is 2.16. The Morgan fingerprint density at radius 1 is 1.31 bits per heavy atom. The van der Waals surface area contributed by atoms with Crippen molar-refractivity contribution in [1.82, 2.24) is 0 Å². The average Bonchev–Trinajstić information content (AvgIpc) is 2.17. The van der Waals surface area contributed by atoms with Crippen molar-refractivity contribution in [3.05, 3.63) is 0 Å². The summed E-state index contributed by atoms with van der Waals surface area (Å²) >= 11 is 1.65. The summed E-state index contributed by atoms with van der Waals surface area (Å²) in [5.41, 5.74) is 5.81. The highest BCUT2D eigenvalue weighted by Crippen LogP contribution is 2.18. The second-order valence-electron chi connectivity index (χ2n) is 3.41. The molecule has 0 aromatic heterocycles. The SMILES string of the molecule is CCC(N)C(CO)SCC(C)CO. The van der Waals surface area contributed by atoms with Gasteiger partial charge in [-0.2, -0.15) is 11.8 Å². The number of aliphatic hydroxyl groups is 2. The molecule has 4 heteroatoms. The van der Waals surface area contributed by atoms with Crippen LogP contribution in [0.25, 0.3) is 0 Å². The summed E-state index contributed by atoms with van der Waals surface area (Å²) in [6, 6.07) is 0.0564. The van der Waals surface area contributed by atoms with Gasteiger partial charge in [-0.15, -0.1) is 0 Å². The molecule has 0 saturated carbocycles. The summed E-state index contributed by atoms with van der Waals surface area (Å²) in [6.07, 6.45) is 0.881. The fraction of sp³-hybridized carbons (Fsp3) is 1.00. The molecule has 0 amide bonds. The number of rotatable bonds is 7. The van der Waals surface area contributed by atoms with Crippen molar-refractivity contribution >= 4 is 11.8 Å². The van der Waals surface area contributed by atoms with Gasteiger partial charge in [-0.3, -0.25) is 0 Å². The first-order valence-corrected chi connectivity index (χ1v) is 5.79. The van der Waals surface area contributed by atoms with Crippen LogP contribution in [0.15, 0.2) is 0 Å². The lowest BCUT2D eigenvalue weighted by atomic mass is 10.2. The van der Waals surface area contributed by atoms with Crippen LogP contribution in [-0.2, 0) is 0 Å². The number of aliphatic hydroxyl groups excluding tert-OH is 2. The molecule has 0 fully saturated rings. The molecule has 0 aliphatic heterocycles. The smallest absolute Gasteiger partial charge is 0.0565 e. The number of hydrogen-bond acceptors (Lipinski definition) is 4. The molecule has 4 N–H and O–H groups in total. The first-order valence-electron chi connectivity index (χ1n) is 4.74. The predicted molar refractivity (Wildman–Crippen MR) is 57.8 cm³/mol. The molecule has 0 saturated heterocycles. The van der Waals surface area contributed by atoms with Crippen molar-refractivity contribution in [3.63, 3.8) is 0 Å². The van der Waals surface area contributed by atoms with E-state index in [1.807, 2.05) is 13.8 Å². The van der Waals surface area contributed by atoms with E-state index < -0.39 is 0 Å². The maximum absolute atomic E-state index is 9.05. The molecule has 80 valence electrons. The minimum absolute atomic E-state index is 0.0564. The third-order valence-electron chi connectivity index (χ3n) is 2.04. The normalized spacial score (nSPS) is 18.2. The molecule has 0 spiro atoms. The molecule has 0 aliphatic rings. The molecule has 0 heterocycles. The highest BCUT2D eigenvalue weighted by atomic mass is 32.2. The largest absolute Gasteiger partial charge is 0.396 e. The van der Waals surface area contributed by atoms with E-state index in [9.17, 15) is 0 Å². The van der Waals surface area contributed by atoms with E-state index in [0.29, 0.717) is 0 Å². The average molecular weight is 207 g/mol. The molecule has 0 rings (SSSR count). The van der Waals surface area contributed by atoms with Gasteiger partial charge in [-0.05, 0) is 18.1 Å². The van der Waals surface area contributed by atoms with Crippen molar-refractivity contribution < 1.29 is 10.2 Å². The zero-order valence-corrected chi connectivity index (χ0v) is 9.26. The van der Waals surface area contributed by atoms with Crippen molar-refractivity contribution in [2.75, 3.05) is 19.0 Å². The number of nitrogens with two attached hydrogens (primary N) is 1. The third kappa shape index (κ3) is 5.52. The second-order valence-corrected chi connectivity index (χ2v) is 4.69. The topological polar surface area (TPSA) is 66.5 Å². The van der Waals surface area contributed by atoms with Gasteiger partial charge in [-0.25, -0.2) is 0 Å². The van der Waals surface area contributed by atoms with E-state index in [4.69, 9.17) is 15.9 Å². The molecule has 0 radical (unpaired) electrons. The minimum atomic E-state index is 0.0564. The molecule has 3 nitrogen and oxygen atoms in total. The summed E-state index contributed by atoms with van der Waals surface area (Å²) in [6.45, 7) is 4.33. The van der Waals surface area contributed by atoms with E-state index >= 15 is 0 Å². The Bertz CT molecular complexity index is 124. The van der Waals surface area contributed by atoms with Crippen LogP contribution in [0.1, 0.15) is 20.3 Å². The van der Waals surface area contributed by atoms with Gasteiger partial charge in [0, 0.05) is 17.9 Å². The van der Waals surface area contributed by atoms with Crippen LogP contribution < -0.4 is 5.73 Å². The van der Waals surface area contributed by atoms with E-state index in [-0.39, 0.29) is 30.4 Å². The Hall–Kier alpha value is 0.230. The zero-order valence-electron chi connectivity index (χ0n) is 8.44. The lowest BCUT2D eigenvalue weighted by molar-refractivity contribution is 0.249. The maximum atomic E-state index is 9.05. The van der Waals surface area contributed by atoms with Crippen LogP contribution in [0.4, 0.5) is 0 Å². The van der Waals surface area contributed by atoms with Crippen LogP contribution in [-0.4, -0.2) is 40.5 Å². The van der Waals surface area contributed by atoms with E-state index in [1.54, 1.807) is 11.8 Å². The molecule has 0 aromatic carbocycles. The Kier molecular flexibility index (Phi) is 7.75. The van der Waals surface area contributed by atoms with Crippen LogP contribution in [0, 0.1) is 5.92 Å². The summed E-state index contributed by atoms with van der Waals surface area (Å²) in [5.74, 6) is 1.14. The minimum Gasteiger partial charge on any atom is -0.396 e. The molecule has 0 bridgehead atoms. The molecular weight excluding hydrogens is 186 g/mol. The van der Waals surface area contributed by atoms with Crippen molar-refractivity contribution in [1.29, 1.82) is 0 Å². The van der Waals surface area contributed by atoms with Gasteiger partial charge in [0.15, 0.2) is 0 Å².